The fourth-order valence-electron chi connectivity index (χ4n) is 1.14. The molecule has 20 heavy (non-hydrogen) atoms. The fraction of sp³-hybridized carbons (Fsp3) is 0.600. The van der Waals surface area contributed by atoms with Gasteiger partial charge in [0.1, 0.15) is 25.3 Å². The van der Waals surface area contributed by atoms with Gasteiger partial charge >= 0.3 is 11.9 Å². The monoisotopic (exact) mass is 293 g/mol. The van der Waals surface area contributed by atoms with Crippen molar-refractivity contribution < 1.29 is 33.8 Å². The maximum absolute atomic E-state index is 12.6. The number of carboxylic acid groups (broad SMARTS) is 2. The molecule has 0 rings (SSSR count). The molecular weight excluding hydrogens is 277 g/mol. The third-order valence-electron chi connectivity index (χ3n) is 2.22. The predicted octanol–water partition coefficient (Wildman–Crippen LogP) is -2.17. The van der Waals surface area contributed by atoms with E-state index in [2.05, 4.69) is 0 Å². The van der Waals surface area contributed by atoms with Gasteiger partial charge in [0.15, 0.2) is 0 Å². The van der Waals surface area contributed by atoms with Gasteiger partial charge in [-0.2, -0.15) is 0 Å². The summed E-state index contributed by atoms with van der Waals surface area (Å²) in [5, 5.41) is 20.8. The van der Waals surface area contributed by atoms with Crippen LogP contribution in [0.2, 0.25) is 0 Å². The number of hydrogen-bond acceptors (Lipinski definition) is 5. The summed E-state index contributed by atoms with van der Waals surface area (Å²) in [6.45, 7) is -1.92. The summed E-state index contributed by atoms with van der Waals surface area (Å²) in [6, 6.07) is -2.76. The number of nitrogens with one attached hydrogen (secondary N) is 2. The molecule has 0 saturated carbocycles. The van der Waals surface area contributed by atoms with E-state index < -0.39 is 49.1 Å². The number of hydrogen-bond donors (Lipinski definition) is 5. The van der Waals surface area contributed by atoms with Crippen LogP contribution in [0, 0.1) is 0 Å². The molecule has 0 bridgehead atoms. The maximum atomic E-state index is 12.6. The van der Waals surface area contributed by atoms with Crippen molar-refractivity contribution in [2.24, 2.45) is 5.73 Å². The Morgan fingerprint density at radius 1 is 1.20 bits per heavy atom. The second kappa shape index (κ2) is 8.80. The van der Waals surface area contributed by atoms with Crippen LogP contribution < -0.4 is 16.4 Å². The van der Waals surface area contributed by atoms with Crippen molar-refractivity contribution in [2.75, 3.05) is 13.2 Å². The predicted molar refractivity (Wildman–Crippen MR) is 63.4 cm³/mol. The summed E-state index contributed by atoms with van der Waals surface area (Å²) in [4.78, 5) is 43.3. The minimum atomic E-state index is -1.53. The zero-order chi connectivity index (χ0) is 15.7. The standard InChI is InChI=1S/C10H16FN3O6/c11-3-6(9(18)13-4-8(16)17)14-7(15)2-1-5(12)10(19)20/h5-6H,1-4,12H2,(H,13,18)(H,14,15)(H,16,17)(H,19,20)/t5?,6-/m0/s1. The lowest BCUT2D eigenvalue weighted by Gasteiger charge is -2.15. The van der Waals surface area contributed by atoms with Crippen LogP contribution in [0.5, 0.6) is 0 Å². The molecule has 6 N–H and O–H groups in total. The molecule has 0 spiro atoms. The molecule has 2 amide bonds. The Bertz CT molecular complexity index is 389. The van der Waals surface area contributed by atoms with Crippen molar-refractivity contribution in [3.05, 3.63) is 0 Å². The molecule has 0 radical (unpaired) electrons. The highest BCUT2D eigenvalue weighted by atomic mass is 19.1. The van der Waals surface area contributed by atoms with E-state index in [4.69, 9.17) is 15.9 Å². The number of amides is 2. The first-order chi connectivity index (χ1) is 9.27. The van der Waals surface area contributed by atoms with Gasteiger partial charge < -0.3 is 26.6 Å². The first kappa shape index (κ1) is 17.8. The first-order valence-electron chi connectivity index (χ1n) is 5.61. The van der Waals surface area contributed by atoms with E-state index in [-0.39, 0.29) is 12.8 Å². The van der Waals surface area contributed by atoms with E-state index in [9.17, 15) is 23.6 Å². The van der Waals surface area contributed by atoms with Gasteiger partial charge in [0, 0.05) is 6.42 Å². The van der Waals surface area contributed by atoms with Crippen LogP contribution in [0.1, 0.15) is 12.8 Å². The van der Waals surface area contributed by atoms with Crippen LogP contribution in [0.15, 0.2) is 0 Å². The number of aliphatic carboxylic acids is 2. The van der Waals surface area contributed by atoms with Crippen molar-refractivity contribution >= 4 is 23.8 Å². The van der Waals surface area contributed by atoms with E-state index in [1.54, 1.807) is 0 Å². The van der Waals surface area contributed by atoms with Crippen LogP contribution in [0.3, 0.4) is 0 Å². The lowest BCUT2D eigenvalue weighted by molar-refractivity contribution is -0.139. The highest BCUT2D eigenvalue weighted by molar-refractivity contribution is 5.89. The second-order valence-electron chi connectivity index (χ2n) is 3.87. The topological polar surface area (TPSA) is 159 Å². The molecule has 0 aliphatic rings. The van der Waals surface area contributed by atoms with Gasteiger partial charge in [0.2, 0.25) is 11.8 Å². The van der Waals surface area contributed by atoms with Gasteiger partial charge in [-0.15, -0.1) is 0 Å². The van der Waals surface area contributed by atoms with Gasteiger partial charge in [0.05, 0.1) is 0 Å². The number of nitrogens with two attached hydrogens (primary N) is 1. The Morgan fingerprint density at radius 2 is 1.80 bits per heavy atom. The van der Waals surface area contributed by atoms with Crippen molar-refractivity contribution in [2.45, 2.75) is 24.9 Å². The quantitative estimate of drug-likeness (QED) is 0.323. The Kier molecular flexibility index (Phi) is 7.82. The highest BCUT2D eigenvalue weighted by Crippen LogP contribution is 1.96. The van der Waals surface area contributed by atoms with Crippen molar-refractivity contribution in [3.8, 4) is 0 Å². The van der Waals surface area contributed by atoms with Gasteiger partial charge in [-0.1, -0.05) is 0 Å². The molecular formula is C10H16FN3O6. The number of carboxylic acids is 2. The van der Waals surface area contributed by atoms with Crippen LogP contribution in [-0.2, 0) is 19.2 Å². The largest absolute Gasteiger partial charge is 0.480 e. The number of carbonyl (C=O) groups excluding carboxylic acids is 2. The van der Waals surface area contributed by atoms with Crippen LogP contribution in [0.4, 0.5) is 4.39 Å². The molecule has 0 fully saturated rings. The number of alkyl halides is 1. The summed E-state index contributed by atoms with van der Waals surface area (Å²) in [5.41, 5.74) is 5.17. The Labute approximate surface area is 113 Å². The van der Waals surface area contributed by atoms with Crippen LogP contribution in [-0.4, -0.2) is 59.3 Å². The average molecular weight is 293 g/mol. The molecule has 1 unspecified atom stereocenters. The molecule has 0 aliphatic heterocycles. The first-order valence-corrected chi connectivity index (χ1v) is 5.61. The van der Waals surface area contributed by atoms with Crippen molar-refractivity contribution in [1.82, 2.24) is 10.6 Å². The lowest BCUT2D eigenvalue weighted by Crippen LogP contribution is -2.49. The van der Waals surface area contributed by atoms with E-state index >= 15 is 0 Å². The molecule has 2 atom stereocenters. The summed E-state index contributed by atoms with van der Waals surface area (Å²) < 4.78 is 12.6. The summed E-state index contributed by atoms with van der Waals surface area (Å²) in [6.07, 6.45) is -0.465. The number of halogens is 1. The van der Waals surface area contributed by atoms with Crippen molar-refractivity contribution in [1.29, 1.82) is 0 Å². The smallest absolute Gasteiger partial charge is 0.322 e. The molecule has 0 aromatic carbocycles. The molecule has 0 heterocycles. The SMILES string of the molecule is NC(CCC(=O)N[C@@H](CF)C(=O)NCC(=O)O)C(=O)O. The summed E-state index contributed by atoms with van der Waals surface area (Å²) in [7, 11) is 0. The third kappa shape index (κ3) is 7.26. The minimum absolute atomic E-state index is 0.170. The van der Waals surface area contributed by atoms with Gasteiger partial charge in [-0.05, 0) is 6.42 Å². The maximum Gasteiger partial charge on any atom is 0.322 e. The van der Waals surface area contributed by atoms with Crippen LogP contribution in [0.25, 0.3) is 0 Å². The summed E-state index contributed by atoms with van der Waals surface area (Å²) >= 11 is 0. The minimum Gasteiger partial charge on any atom is -0.480 e. The Morgan fingerprint density at radius 3 is 2.25 bits per heavy atom. The van der Waals surface area contributed by atoms with Gasteiger partial charge in [-0.25, -0.2) is 4.39 Å². The molecule has 0 aromatic rings. The molecule has 9 nitrogen and oxygen atoms in total. The molecule has 0 aromatic heterocycles. The van der Waals surface area contributed by atoms with E-state index in [1.807, 2.05) is 10.6 Å². The van der Waals surface area contributed by atoms with Gasteiger partial charge in [-0.3, -0.25) is 19.2 Å². The van der Waals surface area contributed by atoms with E-state index in [1.165, 1.54) is 0 Å². The van der Waals surface area contributed by atoms with E-state index in [0.29, 0.717) is 0 Å². The normalized spacial score (nSPS) is 13.1. The number of carbonyl (C=O) groups is 4. The Hall–Kier alpha value is -2.23. The second-order valence-corrected chi connectivity index (χ2v) is 3.87. The highest BCUT2D eigenvalue weighted by Gasteiger charge is 2.22. The van der Waals surface area contributed by atoms with Crippen LogP contribution >= 0.6 is 0 Å². The van der Waals surface area contributed by atoms with Gasteiger partial charge in [0.25, 0.3) is 0 Å². The molecule has 114 valence electrons. The zero-order valence-electron chi connectivity index (χ0n) is 10.5. The van der Waals surface area contributed by atoms with Crippen molar-refractivity contribution in [3.63, 3.8) is 0 Å². The average Bonchev–Trinajstić information content (AvgIpc) is 2.38. The molecule has 0 aliphatic carbocycles. The number of rotatable bonds is 9. The third-order valence-corrected chi connectivity index (χ3v) is 2.22. The zero-order valence-corrected chi connectivity index (χ0v) is 10.5. The Balaban J connectivity index is 4.21. The van der Waals surface area contributed by atoms with E-state index in [0.717, 1.165) is 0 Å². The molecule has 10 heteroatoms. The lowest BCUT2D eigenvalue weighted by atomic mass is 10.1. The fourth-order valence-corrected chi connectivity index (χ4v) is 1.14. The summed E-state index contributed by atoms with van der Waals surface area (Å²) in [5.74, 6) is -4.32. The molecule has 0 saturated heterocycles.